The number of amides is 2. The molecule has 3 heterocycles. The summed E-state index contributed by atoms with van der Waals surface area (Å²) in [5, 5.41) is 11.3. The summed E-state index contributed by atoms with van der Waals surface area (Å²) in [5.74, 6) is 0.941. The Morgan fingerprint density at radius 3 is 2.68 bits per heavy atom. The van der Waals surface area contributed by atoms with Crippen LogP contribution in [0.15, 0.2) is 30.6 Å². The van der Waals surface area contributed by atoms with Gasteiger partial charge in [0, 0.05) is 43.8 Å². The molecule has 0 unspecified atom stereocenters. The van der Waals surface area contributed by atoms with E-state index in [1.165, 1.54) is 5.56 Å². The molecule has 8 heteroatoms. The maximum Gasteiger partial charge on any atom is 0.317 e. The quantitative estimate of drug-likeness (QED) is 0.724. The summed E-state index contributed by atoms with van der Waals surface area (Å²) in [6.45, 7) is 7.46. The first kappa shape index (κ1) is 18.2. The molecule has 0 atom stereocenters. The van der Waals surface area contributed by atoms with Crippen LogP contribution in [0.1, 0.15) is 17.0 Å². The Labute approximate surface area is 164 Å². The first-order valence-electron chi connectivity index (χ1n) is 9.61. The van der Waals surface area contributed by atoms with Crippen LogP contribution in [0.2, 0.25) is 0 Å². The fourth-order valence-corrected chi connectivity index (χ4v) is 3.71. The smallest absolute Gasteiger partial charge is 0.317 e. The van der Waals surface area contributed by atoms with Crippen molar-refractivity contribution in [3.8, 4) is 0 Å². The van der Waals surface area contributed by atoms with Crippen molar-refractivity contribution in [2.24, 2.45) is 0 Å². The molecule has 2 amide bonds. The van der Waals surface area contributed by atoms with E-state index in [0.29, 0.717) is 19.6 Å². The van der Waals surface area contributed by atoms with Gasteiger partial charge in [-0.05, 0) is 38.0 Å². The van der Waals surface area contributed by atoms with Gasteiger partial charge >= 0.3 is 6.03 Å². The number of aromatic nitrogens is 4. The first-order valence-corrected chi connectivity index (χ1v) is 9.61. The zero-order valence-electron chi connectivity index (χ0n) is 16.3. The fourth-order valence-electron chi connectivity index (χ4n) is 3.71. The third-order valence-electron chi connectivity index (χ3n) is 5.32. The van der Waals surface area contributed by atoms with Gasteiger partial charge in [0.15, 0.2) is 0 Å². The standard InChI is InChI=1S/C20H25N7O/c1-14-16(15(2)25-24-14)7-8-21-20(28)27-11-9-26(10-12-27)19-17-5-3-4-6-18(17)22-13-23-19/h3-6,13H,7-12H2,1-2H3,(H,21,28)(H,24,25). The van der Waals surface area contributed by atoms with Gasteiger partial charge in [-0.2, -0.15) is 5.10 Å². The summed E-state index contributed by atoms with van der Waals surface area (Å²) in [7, 11) is 0. The molecule has 0 radical (unpaired) electrons. The second-order valence-electron chi connectivity index (χ2n) is 7.08. The molecule has 1 aliphatic rings. The number of nitrogens with one attached hydrogen (secondary N) is 2. The Kier molecular flexibility index (Phi) is 5.10. The van der Waals surface area contributed by atoms with E-state index < -0.39 is 0 Å². The molecule has 0 bridgehead atoms. The zero-order valence-corrected chi connectivity index (χ0v) is 16.3. The zero-order chi connectivity index (χ0) is 19.5. The van der Waals surface area contributed by atoms with Gasteiger partial charge in [0.1, 0.15) is 12.1 Å². The Bertz CT molecular complexity index is 951. The summed E-state index contributed by atoms with van der Waals surface area (Å²) in [6.07, 6.45) is 2.39. The van der Waals surface area contributed by atoms with Crippen molar-refractivity contribution in [3.63, 3.8) is 0 Å². The number of aromatic amines is 1. The molecule has 1 aliphatic heterocycles. The monoisotopic (exact) mass is 379 g/mol. The average Bonchev–Trinajstić information content (AvgIpc) is 3.05. The molecule has 1 aromatic carbocycles. The molecule has 0 saturated carbocycles. The van der Waals surface area contributed by atoms with Gasteiger partial charge in [-0.25, -0.2) is 14.8 Å². The second kappa shape index (κ2) is 7.84. The molecule has 0 aliphatic carbocycles. The Morgan fingerprint density at radius 2 is 1.93 bits per heavy atom. The highest BCUT2D eigenvalue weighted by atomic mass is 16.2. The lowest BCUT2D eigenvalue weighted by Crippen LogP contribution is -2.52. The van der Waals surface area contributed by atoms with Gasteiger partial charge in [-0.15, -0.1) is 0 Å². The van der Waals surface area contributed by atoms with Gasteiger partial charge < -0.3 is 15.1 Å². The van der Waals surface area contributed by atoms with Gasteiger partial charge in [0.05, 0.1) is 11.2 Å². The molecule has 1 saturated heterocycles. The number of para-hydroxylation sites is 1. The molecular formula is C20H25N7O. The van der Waals surface area contributed by atoms with E-state index in [1.807, 2.05) is 43.0 Å². The molecule has 4 rings (SSSR count). The number of hydrogen-bond acceptors (Lipinski definition) is 5. The highest BCUT2D eigenvalue weighted by Crippen LogP contribution is 2.23. The predicted octanol–water partition coefficient (Wildman–Crippen LogP) is 2.04. The van der Waals surface area contributed by atoms with E-state index in [4.69, 9.17) is 0 Å². The van der Waals surface area contributed by atoms with E-state index in [-0.39, 0.29) is 6.03 Å². The highest BCUT2D eigenvalue weighted by molar-refractivity contribution is 5.89. The number of anilines is 1. The number of nitrogens with zero attached hydrogens (tertiary/aromatic N) is 5. The van der Waals surface area contributed by atoms with Gasteiger partial charge in [0.25, 0.3) is 0 Å². The molecule has 1 fully saturated rings. The summed E-state index contributed by atoms with van der Waals surface area (Å²) < 4.78 is 0. The van der Waals surface area contributed by atoms with E-state index >= 15 is 0 Å². The highest BCUT2D eigenvalue weighted by Gasteiger charge is 2.23. The maximum absolute atomic E-state index is 12.5. The van der Waals surface area contributed by atoms with Crippen LogP contribution in [0.5, 0.6) is 0 Å². The number of fused-ring (bicyclic) bond motifs is 1. The van der Waals surface area contributed by atoms with Crippen LogP contribution in [0, 0.1) is 13.8 Å². The van der Waals surface area contributed by atoms with E-state index in [9.17, 15) is 4.79 Å². The van der Waals surface area contributed by atoms with E-state index in [0.717, 1.165) is 47.6 Å². The van der Waals surface area contributed by atoms with E-state index in [1.54, 1.807) is 6.33 Å². The Morgan fingerprint density at radius 1 is 1.14 bits per heavy atom. The fraction of sp³-hybridized carbons (Fsp3) is 0.400. The summed E-state index contributed by atoms with van der Waals surface area (Å²) in [6, 6.07) is 8.01. The lowest BCUT2D eigenvalue weighted by molar-refractivity contribution is 0.194. The van der Waals surface area contributed by atoms with Crippen LogP contribution in [-0.2, 0) is 6.42 Å². The summed E-state index contributed by atoms with van der Waals surface area (Å²) in [5.41, 5.74) is 4.19. The molecule has 2 aromatic heterocycles. The van der Waals surface area contributed by atoms with Crippen LogP contribution in [-0.4, -0.2) is 63.8 Å². The normalized spacial score (nSPS) is 14.5. The third kappa shape index (κ3) is 3.62. The van der Waals surface area contributed by atoms with Crippen LogP contribution in [0.4, 0.5) is 10.6 Å². The molecule has 28 heavy (non-hydrogen) atoms. The predicted molar refractivity (Wildman–Crippen MR) is 108 cm³/mol. The summed E-state index contributed by atoms with van der Waals surface area (Å²) >= 11 is 0. The number of piperazine rings is 1. The van der Waals surface area contributed by atoms with Gasteiger partial charge in [-0.3, -0.25) is 5.10 Å². The SMILES string of the molecule is Cc1n[nH]c(C)c1CCNC(=O)N1CCN(c2ncnc3ccccc23)CC1. The number of aryl methyl sites for hydroxylation is 2. The topological polar surface area (TPSA) is 90.0 Å². The molecule has 146 valence electrons. The van der Waals surface area contributed by atoms with Crippen molar-refractivity contribution in [1.29, 1.82) is 0 Å². The minimum atomic E-state index is -0.00834. The number of hydrogen-bond donors (Lipinski definition) is 2. The molecule has 3 aromatic rings. The number of benzene rings is 1. The third-order valence-corrected chi connectivity index (χ3v) is 5.32. The number of H-pyrrole nitrogens is 1. The number of carbonyl (C=O) groups excluding carboxylic acids is 1. The molecular weight excluding hydrogens is 354 g/mol. The maximum atomic E-state index is 12.5. The van der Waals surface area contributed by atoms with Gasteiger partial charge in [0.2, 0.25) is 0 Å². The minimum Gasteiger partial charge on any atom is -0.352 e. The molecule has 8 nitrogen and oxygen atoms in total. The van der Waals surface area contributed by atoms with Crippen molar-refractivity contribution < 1.29 is 4.79 Å². The number of rotatable bonds is 4. The lowest BCUT2D eigenvalue weighted by Gasteiger charge is -2.35. The van der Waals surface area contributed by atoms with Crippen molar-refractivity contribution >= 4 is 22.8 Å². The van der Waals surface area contributed by atoms with Crippen molar-refractivity contribution in [3.05, 3.63) is 47.5 Å². The average molecular weight is 379 g/mol. The number of urea groups is 1. The van der Waals surface area contributed by atoms with Crippen LogP contribution < -0.4 is 10.2 Å². The van der Waals surface area contributed by atoms with Crippen LogP contribution in [0.3, 0.4) is 0 Å². The van der Waals surface area contributed by atoms with Crippen LogP contribution >= 0.6 is 0 Å². The largest absolute Gasteiger partial charge is 0.352 e. The Balaban J connectivity index is 1.32. The van der Waals surface area contributed by atoms with Crippen molar-refractivity contribution in [1.82, 2.24) is 30.4 Å². The molecule has 2 N–H and O–H groups in total. The van der Waals surface area contributed by atoms with E-state index in [2.05, 4.69) is 30.4 Å². The Hall–Kier alpha value is -3.16. The lowest BCUT2D eigenvalue weighted by atomic mass is 10.1. The summed E-state index contributed by atoms with van der Waals surface area (Å²) in [4.78, 5) is 25.4. The van der Waals surface area contributed by atoms with Crippen molar-refractivity contribution in [2.75, 3.05) is 37.6 Å². The number of carbonyl (C=O) groups is 1. The van der Waals surface area contributed by atoms with Crippen molar-refractivity contribution in [2.45, 2.75) is 20.3 Å². The van der Waals surface area contributed by atoms with Gasteiger partial charge in [-0.1, -0.05) is 12.1 Å². The first-order chi connectivity index (χ1) is 13.6. The minimum absolute atomic E-state index is 0.00834. The van der Waals surface area contributed by atoms with Crippen LogP contribution in [0.25, 0.3) is 10.9 Å². The molecule has 0 spiro atoms. The second-order valence-corrected chi connectivity index (χ2v) is 7.08.